The number of carbonyl (C=O) groups is 3. The highest BCUT2D eigenvalue weighted by atomic mass is 19.1. The van der Waals surface area contributed by atoms with E-state index < -0.39 is 5.82 Å². The molecule has 3 aromatic rings. The van der Waals surface area contributed by atoms with Crippen LogP contribution in [-0.2, 0) is 4.79 Å². The second kappa shape index (κ2) is 9.94. The third-order valence-electron chi connectivity index (χ3n) is 6.21. The summed E-state index contributed by atoms with van der Waals surface area (Å²) in [6.45, 7) is 0.952. The van der Waals surface area contributed by atoms with Crippen molar-refractivity contribution in [2.75, 3.05) is 20.2 Å². The summed E-state index contributed by atoms with van der Waals surface area (Å²) >= 11 is 0. The molecule has 1 atom stereocenters. The van der Waals surface area contributed by atoms with Crippen LogP contribution in [0.2, 0.25) is 0 Å². The lowest BCUT2D eigenvalue weighted by molar-refractivity contribution is -0.132. The standard InChI is InChI=1S/C27H26FNO4/c1-33-24-11-8-19-15-21(5-4-20(19)16-24)27(32)22-3-2-14-29(17-22)26(31)13-12-25(30)18-6-9-23(28)10-7-18/h4-11,15-16,22H,2-3,12-14,17H2,1H3. The summed E-state index contributed by atoms with van der Waals surface area (Å²) < 4.78 is 18.3. The number of amides is 1. The zero-order chi connectivity index (χ0) is 23.4. The van der Waals surface area contributed by atoms with Crippen molar-refractivity contribution < 1.29 is 23.5 Å². The summed E-state index contributed by atoms with van der Waals surface area (Å²) in [5.41, 5.74) is 1.03. The molecule has 4 rings (SSSR count). The van der Waals surface area contributed by atoms with E-state index in [1.807, 2.05) is 36.4 Å². The molecule has 5 nitrogen and oxygen atoms in total. The maximum absolute atomic E-state index is 13.2. The Kier molecular flexibility index (Phi) is 6.82. The monoisotopic (exact) mass is 447 g/mol. The van der Waals surface area contributed by atoms with Gasteiger partial charge in [0.25, 0.3) is 0 Å². The number of carbonyl (C=O) groups excluding carboxylic acids is 3. The zero-order valence-corrected chi connectivity index (χ0v) is 18.6. The first-order valence-electron chi connectivity index (χ1n) is 11.1. The average Bonchev–Trinajstić information content (AvgIpc) is 2.86. The summed E-state index contributed by atoms with van der Waals surface area (Å²) in [7, 11) is 1.62. The molecule has 1 heterocycles. The Morgan fingerprint density at radius 1 is 0.939 bits per heavy atom. The lowest BCUT2D eigenvalue weighted by Crippen LogP contribution is -2.42. The smallest absolute Gasteiger partial charge is 0.223 e. The number of methoxy groups -OCH3 is 1. The highest BCUT2D eigenvalue weighted by Crippen LogP contribution is 2.26. The minimum atomic E-state index is -0.405. The number of piperidine rings is 1. The molecule has 6 heteroatoms. The summed E-state index contributed by atoms with van der Waals surface area (Å²) in [6, 6.07) is 16.7. The maximum Gasteiger partial charge on any atom is 0.223 e. The number of fused-ring (bicyclic) bond motifs is 1. The second-order valence-corrected chi connectivity index (χ2v) is 8.40. The molecule has 0 aromatic heterocycles. The number of hydrogen-bond donors (Lipinski definition) is 0. The Hall–Kier alpha value is -3.54. The minimum absolute atomic E-state index is 0.0348. The Morgan fingerprint density at radius 2 is 1.64 bits per heavy atom. The fraction of sp³-hybridized carbons (Fsp3) is 0.296. The van der Waals surface area contributed by atoms with Crippen molar-refractivity contribution in [3.05, 3.63) is 77.6 Å². The maximum atomic E-state index is 13.2. The molecular formula is C27H26FNO4. The van der Waals surface area contributed by atoms with E-state index in [-0.39, 0.29) is 36.2 Å². The Bertz CT molecular complexity index is 1190. The van der Waals surface area contributed by atoms with E-state index in [1.54, 1.807) is 12.0 Å². The molecule has 0 bridgehead atoms. The molecule has 0 spiro atoms. The summed E-state index contributed by atoms with van der Waals surface area (Å²) in [5.74, 6) is -0.188. The quantitative estimate of drug-likeness (QED) is 0.474. The molecule has 1 unspecified atom stereocenters. The van der Waals surface area contributed by atoms with Crippen LogP contribution in [-0.4, -0.2) is 42.6 Å². The second-order valence-electron chi connectivity index (χ2n) is 8.40. The SMILES string of the molecule is COc1ccc2cc(C(=O)C3CCCN(C(=O)CCC(=O)c4ccc(F)cc4)C3)ccc2c1. The summed E-state index contributed by atoms with van der Waals surface area (Å²) in [6.07, 6.45) is 1.62. The van der Waals surface area contributed by atoms with Crippen LogP contribution in [0.4, 0.5) is 4.39 Å². The van der Waals surface area contributed by atoms with Gasteiger partial charge in [-0.2, -0.15) is 0 Å². The third-order valence-corrected chi connectivity index (χ3v) is 6.21. The van der Waals surface area contributed by atoms with Gasteiger partial charge in [0, 0.05) is 43.0 Å². The molecule has 0 N–H and O–H groups in total. The minimum Gasteiger partial charge on any atom is -0.497 e. The fourth-order valence-electron chi connectivity index (χ4n) is 4.32. The van der Waals surface area contributed by atoms with Gasteiger partial charge >= 0.3 is 0 Å². The molecule has 0 radical (unpaired) electrons. The highest BCUT2D eigenvalue weighted by Gasteiger charge is 2.29. The number of ether oxygens (including phenoxy) is 1. The Labute approximate surface area is 192 Å². The zero-order valence-electron chi connectivity index (χ0n) is 18.6. The summed E-state index contributed by atoms with van der Waals surface area (Å²) in [4.78, 5) is 39.9. The van der Waals surface area contributed by atoms with E-state index in [1.165, 1.54) is 24.3 Å². The predicted octanol–water partition coefficient (Wildman–Crippen LogP) is 5.07. The van der Waals surface area contributed by atoms with Crippen molar-refractivity contribution in [3.63, 3.8) is 0 Å². The van der Waals surface area contributed by atoms with Crippen molar-refractivity contribution in [3.8, 4) is 5.75 Å². The van der Waals surface area contributed by atoms with Crippen molar-refractivity contribution in [2.45, 2.75) is 25.7 Å². The first kappa shape index (κ1) is 22.6. The summed E-state index contributed by atoms with van der Waals surface area (Å²) in [5, 5.41) is 1.96. The molecule has 1 aliphatic rings. The van der Waals surface area contributed by atoms with E-state index in [0.717, 1.165) is 29.4 Å². The first-order valence-corrected chi connectivity index (χ1v) is 11.1. The lowest BCUT2D eigenvalue weighted by Gasteiger charge is -2.32. The topological polar surface area (TPSA) is 63.7 Å². The van der Waals surface area contributed by atoms with E-state index in [2.05, 4.69) is 0 Å². The van der Waals surface area contributed by atoms with Crippen molar-refractivity contribution in [2.24, 2.45) is 5.92 Å². The average molecular weight is 448 g/mol. The van der Waals surface area contributed by atoms with Gasteiger partial charge in [-0.3, -0.25) is 14.4 Å². The van der Waals surface area contributed by atoms with Crippen LogP contribution >= 0.6 is 0 Å². The van der Waals surface area contributed by atoms with Gasteiger partial charge in [0.15, 0.2) is 11.6 Å². The highest BCUT2D eigenvalue weighted by molar-refractivity contribution is 6.02. The molecule has 0 saturated carbocycles. The van der Waals surface area contributed by atoms with E-state index in [9.17, 15) is 18.8 Å². The van der Waals surface area contributed by atoms with Crippen LogP contribution in [0, 0.1) is 11.7 Å². The number of halogens is 1. The lowest BCUT2D eigenvalue weighted by atomic mass is 9.89. The number of rotatable bonds is 7. The van der Waals surface area contributed by atoms with Crippen LogP contribution in [0.1, 0.15) is 46.4 Å². The van der Waals surface area contributed by atoms with Crippen LogP contribution in [0.15, 0.2) is 60.7 Å². The van der Waals surface area contributed by atoms with Gasteiger partial charge in [-0.05, 0) is 66.1 Å². The number of benzene rings is 3. The van der Waals surface area contributed by atoms with E-state index >= 15 is 0 Å². The van der Waals surface area contributed by atoms with Gasteiger partial charge < -0.3 is 9.64 Å². The van der Waals surface area contributed by atoms with Gasteiger partial charge in [-0.25, -0.2) is 4.39 Å². The van der Waals surface area contributed by atoms with Crippen molar-refractivity contribution in [1.29, 1.82) is 0 Å². The number of hydrogen-bond acceptors (Lipinski definition) is 4. The van der Waals surface area contributed by atoms with Crippen molar-refractivity contribution >= 4 is 28.2 Å². The van der Waals surface area contributed by atoms with E-state index in [0.29, 0.717) is 24.2 Å². The van der Waals surface area contributed by atoms with Crippen LogP contribution in [0.5, 0.6) is 5.75 Å². The molecule has 33 heavy (non-hydrogen) atoms. The van der Waals surface area contributed by atoms with Gasteiger partial charge in [-0.1, -0.05) is 18.2 Å². The van der Waals surface area contributed by atoms with Crippen LogP contribution < -0.4 is 4.74 Å². The Balaban J connectivity index is 1.37. The van der Waals surface area contributed by atoms with E-state index in [4.69, 9.17) is 4.74 Å². The van der Waals surface area contributed by atoms with Crippen LogP contribution in [0.3, 0.4) is 0 Å². The predicted molar refractivity (Wildman–Crippen MR) is 124 cm³/mol. The van der Waals surface area contributed by atoms with Gasteiger partial charge in [0.1, 0.15) is 11.6 Å². The molecule has 1 fully saturated rings. The first-order chi connectivity index (χ1) is 15.9. The molecule has 1 aliphatic heterocycles. The molecular weight excluding hydrogens is 421 g/mol. The number of nitrogens with zero attached hydrogens (tertiary/aromatic N) is 1. The normalized spacial score (nSPS) is 15.9. The van der Waals surface area contributed by atoms with Gasteiger partial charge in [0.05, 0.1) is 7.11 Å². The van der Waals surface area contributed by atoms with Crippen molar-refractivity contribution in [1.82, 2.24) is 4.90 Å². The molecule has 3 aromatic carbocycles. The van der Waals surface area contributed by atoms with Crippen LogP contribution in [0.25, 0.3) is 10.8 Å². The third kappa shape index (κ3) is 5.28. The number of Topliss-reactive ketones (excluding diaryl/α,β-unsaturated/α-hetero) is 2. The van der Waals surface area contributed by atoms with Gasteiger partial charge in [-0.15, -0.1) is 0 Å². The van der Waals surface area contributed by atoms with Gasteiger partial charge in [0.2, 0.25) is 5.91 Å². The molecule has 0 aliphatic carbocycles. The fourth-order valence-corrected chi connectivity index (χ4v) is 4.32. The molecule has 1 saturated heterocycles. The largest absolute Gasteiger partial charge is 0.497 e. The number of ketones is 2. The Morgan fingerprint density at radius 3 is 2.39 bits per heavy atom. The molecule has 1 amide bonds. The number of likely N-dealkylation sites (tertiary alicyclic amines) is 1. The molecule has 170 valence electrons.